The third kappa shape index (κ3) is 2.35. The predicted molar refractivity (Wildman–Crippen MR) is 63.1 cm³/mol. The SMILES string of the molecule is COc1cc(I)c(C#N)cc1CBr. The van der Waals surface area contributed by atoms with Crippen LogP contribution in [0, 0.1) is 14.9 Å². The number of methoxy groups -OCH3 is 1. The van der Waals surface area contributed by atoms with Crippen molar-refractivity contribution < 1.29 is 4.74 Å². The minimum atomic E-state index is 0.691. The van der Waals surface area contributed by atoms with Crippen LogP contribution in [0.25, 0.3) is 0 Å². The molecule has 4 heteroatoms. The van der Waals surface area contributed by atoms with Crippen LogP contribution in [0.2, 0.25) is 0 Å². The lowest BCUT2D eigenvalue weighted by atomic mass is 10.1. The molecule has 1 aromatic carbocycles. The first-order valence-electron chi connectivity index (χ1n) is 3.55. The van der Waals surface area contributed by atoms with E-state index >= 15 is 0 Å². The van der Waals surface area contributed by atoms with Gasteiger partial charge in [-0.05, 0) is 34.7 Å². The van der Waals surface area contributed by atoms with Crippen molar-refractivity contribution in [3.63, 3.8) is 0 Å². The maximum atomic E-state index is 8.79. The topological polar surface area (TPSA) is 33.0 Å². The van der Waals surface area contributed by atoms with E-state index in [0.717, 1.165) is 14.9 Å². The molecule has 0 saturated heterocycles. The number of nitriles is 1. The number of rotatable bonds is 2. The van der Waals surface area contributed by atoms with Gasteiger partial charge in [-0.1, -0.05) is 15.9 Å². The number of hydrogen-bond acceptors (Lipinski definition) is 2. The van der Waals surface area contributed by atoms with Gasteiger partial charge in [0, 0.05) is 14.5 Å². The van der Waals surface area contributed by atoms with Crippen LogP contribution in [0.1, 0.15) is 11.1 Å². The molecule has 13 heavy (non-hydrogen) atoms. The first-order valence-corrected chi connectivity index (χ1v) is 5.75. The van der Waals surface area contributed by atoms with Crippen molar-refractivity contribution >= 4 is 38.5 Å². The molecule has 0 fully saturated rings. The van der Waals surface area contributed by atoms with Gasteiger partial charge in [0.25, 0.3) is 0 Å². The molecule has 0 amide bonds. The molecule has 0 heterocycles. The quantitative estimate of drug-likeness (QED) is 0.606. The van der Waals surface area contributed by atoms with Gasteiger partial charge in [0.2, 0.25) is 0 Å². The Morgan fingerprint density at radius 3 is 2.77 bits per heavy atom. The molecule has 0 atom stereocenters. The normalized spacial score (nSPS) is 9.38. The zero-order valence-corrected chi connectivity index (χ0v) is 10.7. The van der Waals surface area contributed by atoms with Gasteiger partial charge in [-0.15, -0.1) is 0 Å². The van der Waals surface area contributed by atoms with Gasteiger partial charge in [0.1, 0.15) is 11.8 Å². The van der Waals surface area contributed by atoms with Crippen LogP contribution in [0.15, 0.2) is 12.1 Å². The molecular formula is C9H7BrINO. The van der Waals surface area contributed by atoms with E-state index in [-0.39, 0.29) is 0 Å². The molecule has 0 saturated carbocycles. The third-order valence-corrected chi connectivity index (χ3v) is 3.13. The number of ether oxygens (including phenoxy) is 1. The molecule has 0 unspecified atom stereocenters. The van der Waals surface area contributed by atoms with E-state index in [0.29, 0.717) is 10.9 Å². The Labute approximate surface area is 99.2 Å². The average Bonchev–Trinajstić information content (AvgIpc) is 2.17. The lowest BCUT2D eigenvalue weighted by Crippen LogP contribution is -1.92. The van der Waals surface area contributed by atoms with E-state index in [1.165, 1.54) is 0 Å². The molecule has 1 aromatic rings. The van der Waals surface area contributed by atoms with E-state index in [9.17, 15) is 0 Å². The van der Waals surface area contributed by atoms with E-state index in [1.807, 2.05) is 12.1 Å². The zero-order valence-electron chi connectivity index (χ0n) is 6.97. The van der Waals surface area contributed by atoms with Crippen molar-refractivity contribution in [3.05, 3.63) is 26.8 Å². The van der Waals surface area contributed by atoms with Gasteiger partial charge in [-0.3, -0.25) is 0 Å². The number of alkyl halides is 1. The molecule has 0 aliphatic rings. The minimum Gasteiger partial charge on any atom is -0.496 e. The summed E-state index contributed by atoms with van der Waals surface area (Å²) in [5.41, 5.74) is 1.69. The predicted octanol–water partition coefficient (Wildman–Crippen LogP) is 3.07. The van der Waals surface area contributed by atoms with Crippen LogP contribution in [0.5, 0.6) is 5.75 Å². The highest BCUT2D eigenvalue weighted by Crippen LogP contribution is 2.26. The molecule has 0 N–H and O–H groups in total. The molecule has 0 aliphatic carbocycles. The van der Waals surface area contributed by atoms with E-state index in [4.69, 9.17) is 10.00 Å². The number of nitrogens with zero attached hydrogens (tertiary/aromatic N) is 1. The first kappa shape index (κ1) is 10.8. The highest BCUT2D eigenvalue weighted by molar-refractivity contribution is 14.1. The summed E-state index contributed by atoms with van der Waals surface area (Å²) >= 11 is 5.47. The summed E-state index contributed by atoms with van der Waals surface area (Å²) in [5, 5.41) is 9.49. The maximum Gasteiger partial charge on any atom is 0.124 e. The van der Waals surface area contributed by atoms with Crippen molar-refractivity contribution in [2.24, 2.45) is 0 Å². The molecule has 2 nitrogen and oxygen atoms in total. The highest BCUT2D eigenvalue weighted by atomic mass is 127. The Hall–Kier alpha value is -0.280. The third-order valence-electron chi connectivity index (χ3n) is 1.63. The molecule has 1 rings (SSSR count). The van der Waals surface area contributed by atoms with Crippen molar-refractivity contribution in [1.29, 1.82) is 5.26 Å². The van der Waals surface area contributed by atoms with E-state index in [1.54, 1.807) is 7.11 Å². The summed E-state index contributed by atoms with van der Waals surface area (Å²) in [6.07, 6.45) is 0. The van der Waals surface area contributed by atoms with E-state index < -0.39 is 0 Å². The lowest BCUT2D eigenvalue weighted by Gasteiger charge is -2.07. The number of benzene rings is 1. The summed E-state index contributed by atoms with van der Waals surface area (Å²) in [6.45, 7) is 0. The first-order chi connectivity index (χ1) is 6.22. The standard InChI is InChI=1S/C9H7BrINO/c1-13-9-3-8(11)7(5-12)2-6(9)4-10/h2-3H,4H2,1H3. The monoisotopic (exact) mass is 351 g/mol. The van der Waals surface area contributed by atoms with Gasteiger partial charge < -0.3 is 4.74 Å². The van der Waals surface area contributed by atoms with Crippen molar-refractivity contribution in [3.8, 4) is 11.8 Å². The smallest absolute Gasteiger partial charge is 0.124 e. The second-order valence-electron chi connectivity index (χ2n) is 2.39. The van der Waals surface area contributed by atoms with Gasteiger partial charge in [-0.2, -0.15) is 5.26 Å². The zero-order chi connectivity index (χ0) is 9.84. The fraction of sp³-hybridized carbons (Fsp3) is 0.222. The van der Waals surface area contributed by atoms with Crippen molar-refractivity contribution in [2.75, 3.05) is 7.11 Å². The molecule has 0 radical (unpaired) electrons. The highest BCUT2D eigenvalue weighted by Gasteiger charge is 2.07. The Morgan fingerprint density at radius 2 is 2.31 bits per heavy atom. The fourth-order valence-electron chi connectivity index (χ4n) is 0.980. The largest absolute Gasteiger partial charge is 0.496 e. The van der Waals surface area contributed by atoms with Crippen LogP contribution < -0.4 is 4.74 Å². The van der Waals surface area contributed by atoms with Gasteiger partial charge in [0.05, 0.1) is 12.7 Å². The second kappa shape index (κ2) is 4.82. The second-order valence-corrected chi connectivity index (χ2v) is 4.11. The summed E-state index contributed by atoms with van der Waals surface area (Å²) in [7, 11) is 1.63. The summed E-state index contributed by atoms with van der Waals surface area (Å²) in [4.78, 5) is 0. The Bertz CT molecular complexity index is 359. The average molecular weight is 352 g/mol. The van der Waals surface area contributed by atoms with Gasteiger partial charge in [-0.25, -0.2) is 0 Å². The van der Waals surface area contributed by atoms with Crippen LogP contribution in [0.4, 0.5) is 0 Å². The molecule has 0 aromatic heterocycles. The van der Waals surface area contributed by atoms with Crippen LogP contribution in [0.3, 0.4) is 0 Å². The van der Waals surface area contributed by atoms with Gasteiger partial charge >= 0.3 is 0 Å². The van der Waals surface area contributed by atoms with Crippen LogP contribution in [-0.4, -0.2) is 7.11 Å². The molecule has 0 bridgehead atoms. The van der Waals surface area contributed by atoms with Crippen molar-refractivity contribution in [2.45, 2.75) is 5.33 Å². The molecule has 0 spiro atoms. The molecular weight excluding hydrogens is 345 g/mol. The summed E-state index contributed by atoms with van der Waals surface area (Å²) < 4.78 is 6.09. The molecule has 0 aliphatic heterocycles. The fourth-order valence-corrected chi connectivity index (χ4v) is 1.98. The molecule has 68 valence electrons. The Balaban J connectivity index is 3.28. The van der Waals surface area contributed by atoms with Crippen molar-refractivity contribution in [1.82, 2.24) is 0 Å². The number of halogens is 2. The van der Waals surface area contributed by atoms with Gasteiger partial charge in [0.15, 0.2) is 0 Å². The Kier molecular flexibility index (Phi) is 4.00. The summed E-state index contributed by atoms with van der Waals surface area (Å²) in [5.74, 6) is 0.820. The summed E-state index contributed by atoms with van der Waals surface area (Å²) in [6, 6.07) is 5.85. The van der Waals surface area contributed by atoms with Crippen LogP contribution >= 0.6 is 38.5 Å². The maximum absolute atomic E-state index is 8.79. The van der Waals surface area contributed by atoms with Crippen LogP contribution in [-0.2, 0) is 5.33 Å². The lowest BCUT2D eigenvalue weighted by molar-refractivity contribution is 0.411. The Morgan fingerprint density at radius 1 is 1.62 bits per heavy atom. The number of hydrogen-bond donors (Lipinski definition) is 0. The van der Waals surface area contributed by atoms with E-state index in [2.05, 4.69) is 44.6 Å². The minimum absolute atomic E-state index is 0.691.